The van der Waals surface area contributed by atoms with E-state index in [0.717, 1.165) is 12.2 Å². The fraction of sp³-hybridized carbons (Fsp3) is 0.538. The van der Waals surface area contributed by atoms with Gasteiger partial charge < -0.3 is 10.4 Å². The Morgan fingerprint density at radius 1 is 1.61 bits per heavy atom. The van der Waals surface area contributed by atoms with E-state index in [4.69, 9.17) is 5.11 Å². The largest absolute Gasteiger partial charge is 0.478 e. The number of nitrogens with zero attached hydrogens (tertiary/aromatic N) is 1. The summed E-state index contributed by atoms with van der Waals surface area (Å²) in [4.78, 5) is 15.1. The van der Waals surface area contributed by atoms with Crippen LogP contribution in [0.3, 0.4) is 0 Å². The van der Waals surface area contributed by atoms with Gasteiger partial charge in [0, 0.05) is 17.5 Å². The fourth-order valence-electron chi connectivity index (χ4n) is 2.34. The summed E-state index contributed by atoms with van der Waals surface area (Å²) in [5, 5.41) is 12.9. The number of hydrogen-bond acceptors (Lipinski definition) is 4. The molecule has 1 heterocycles. The third-order valence-electron chi connectivity index (χ3n) is 3.17. The Bertz CT molecular complexity index is 425. The number of aromatic nitrogens is 1. The summed E-state index contributed by atoms with van der Waals surface area (Å²) in [5.74, 6) is 0.876. The van der Waals surface area contributed by atoms with Crippen molar-refractivity contribution in [3.8, 4) is 0 Å². The van der Waals surface area contributed by atoms with E-state index in [-0.39, 0.29) is 5.56 Å². The maximum Gasteiger partial charge on any atom is 0.335 e. The van der Waals surface area contributed by atoms with Gasteiger partial charge in [0.2, 0.25) is 0 Å². The van der Waals surface area contributed by atoms with E-state index in [2.05, 4.69) is 17.2 Å². The average Bonchev–Trinajstić information content (AvgIpc) is 2.77. The Hall–Kier alpha value is -1.23. The van der Waals surface area contributed by atoms with Gasteiger partial charge in [0.25, 0.3) is 0 Å². The highest BCUT2D eigenvalue weighted by Crippen LogP contribution is 2.31. The van der Waals surface area contributed by atoms with Crippen LogP contribution < -0.4 is 5.32 Å². The molecule has 18 heavy (non-hydrogen) atoms. The van der Waals surface area contributed by atoms with Crippen molar-refractivity contribution in [3.63, 3.8) is 0 Å². The minimum absolute atomic E-state index is 0.283. The van der Waals surface area contributed by atoms with Crippen molar-refractivity contribution < 1.29 is 9.90 Å². The molecule has 5 heteroatoms. The summed E-state index contributed by atoms with van der Waals surface area (Å²) in [5.41, 5.74) is 0.283. The molecule has 0 saturated heterocycles. The molecule has 1 aromatic rings. The Balaban J connectivity index is 2.04. The molecule has 98 valence electrons. The van der Waals surface area contributed by atoms with Crippen LogP contribution in [0.1, 0.15) is 36.5 Å². The summed E-state index contributed by atoms with van der Waals surface area (Å²) in [6.07, 6.45) is 5.14. The minimum Gasteiger partial charge on any atom is -0.478 e. The minimum atomic E-state index is -0.911. The third-order valence-corrected chi connectivity index (χ3v) is 4.50. The van der Waals surface area contributed by atoms with Crippen molar-refractivity contribution in [2.45, 2.75) is 37.5 Å². The van der Waals surface area contributed by atoms with Crippen molar-refractivity contribution in [1.82, 2.24) is 4.98 Å². The summed E-state index contributed by atoms with van der Waals surface area (Å²) < 4.78 is 0. The third kappa shape index (κ3) is 3.16. The highest BCUT2D eigenvalue weighted by Gasteiger charge is 2.27. The normalized spacial score (nSPS) is 22.9. The number of carboxylic acid groups (broad SMARTS) is 1. The first kappa shape index (κ1) is 13.2. The van der Waals surface area contributed by atoms with Gasteiger partial charge in [-0.3, -0.25) is 0 Å². The van der Waals surface area contributed by atoms with Crippen LogP contribution in [-0.2, 0) is 0 Å². The van der Waals surface area contributed by atoms with E-state index in [1.54, 1.807) is 12.3 Å². The van der Waals surface area contributed by atoms with Gasteiger partial charge in [0.1, 0.15) is 5.82 Å². The van der Waals surface area contributed by atoms with Crippen molar-refractivity contribution in [3.05, 3.63) is 23.9 Å². The molecule has 0 spiro atoms. The number of carbonyl (C=O) groups is 1. The lowest BCUT2D eigenvalue weighted by Gasteiger charge is -2.20. The van der Waals surface area contributed by atoms with Crippen LogP contribution in [0.15, 0.2) is 18.3 Å². The molecular weight excluding hydrogens is 248 g/mol. The van der Waals surface area contributed by atoms with Gasteiger partial charge in [-0.15, -0.1) is 0 Å². The van der Waals surface area contributed by atoms with Crippen LogP contribution in [0.5, 0.6) is 0 Å². The molecule has 1 aliphatic rings. The van der Waals surface area contributed by atoms with Crippen molar-refractivity contribution in [2.24, 2.45) is 0 Å². The van der Waals surface area contributed by atoms with E-state index in [1.807, 2.05) is 11.8 Å². The molecule has 1 fully saturated rings. The standard InChI is InChI=1S/C13H18N2O2S/c1-2-18-11-5-3-4-10(11)15-12-8-9(13(16)17)6-7-14-12/h6-8,10-11H,2-5H2,1H3,(H,14,15)(H,16,17). The van der Waals surface area contributed by atoms with Gasteiger partial charge in [-0.25, -0.2) is 9.78 Å². The lowest BCUT2D eigenvalue weighted by molar-refractivity contribution is 0.0697. The van der Waals surface area contributed by atoms with Crippen molar-refractivity contribution in [1.29, 1.82) is 0 Å². The summed E-state index contributed by atoms with van der Waals surface area (Å²) in [7, 11) is 0. The lowest BCUT2D eigenvalue weighted by Crippen LogP contribution is -2.26. The van der Waals surface area contributed by atoms with Crippen LogP contribution in [0.2, 0.25) is 0 Å². The molecule has 2 atom stereocenters. The van der Waals surface area contributed by atoms with E-state index >= 15 is 0 Å². The van der Waals surface area contributed by atoms with Crippen LogP contribution >= 0.6 is 11.8 Å². The number of nitrogens with one attached hydrogen (secondary N) is 1. The lowest BCUT2D eigenvalue weighted by atomic mass is 10.2. The first-order chi connectivity index (χ1) is 8.70. The van der Waals surface area contributed by atoms with E-state index in [9.17, 15) is 4.79 Å². The monoisotopic (exact) mass is 266 g/mol. The SMILES string of the molecule is CCSC1CCCC1Nc1cc(C(=O)O)ccn1. The van der Waals surface area contributed by atoms with Crippen LogP contribution in [0.25, 0.3) is 0 Å². The Kier molecular flexibility index (Phi) is 4.47. The molecule has 0 amide bonds. The molecule has 2 unspecified atom stereocenters. The van der Waals surface area contributed by atoms with Crippen LogP contribution in [-0.4, -0.2) is 33.1 Å². The second-order valence-corrected chi connectivity index (χ2v) is 5.93. The topological polar surface area (TPSA) is 62.2 Å². The zero-order valence-corrected chi connectivity index (χ0v) is 11.2. The Labute approximate surface area is 111 Å². The number of carboxylic acids is 1. The molecule has 0 aromatic carbocycles. The molecule has 2 rings (SSSR count). The van der Waals surface area contributed by atoms with Gasteiger partial charge in [-0.2, -0.15) is 11.8 Å². The van der Waals surface area contributed by atoms with Gasteiger partial charge in [0.15, 0.2) is 0 Å². The van der Waals surface area contributed by atoms with Crippen LogP contribution in [0.4, 0.5) is 5.82 Å². The molecule has 4 nitrogen and oxygen atoms in total. The number of thioether (sulfide) groups is 1. The van der Waals surface area contributed by atoms with Gasteiger partial charge in [0.05, 0.1) is 5.56 Å². The van der Waals surface area contributed by atoms with E-state index in [0.29, 0.717) is 17.1 Å². The first-order valence-corrected chi connectivity index (χ1v) is 7.33. The summed E-state index contributed by atoms with van der Waals surface area (Å²) in [6, 6.07) is 3.53. The molecule has 1 aromatic heterocycles. The highest BCUT2D eigenvalue weighted by molar-refractivity contribution is 7.99. The molecular formula is C13H18N2O2S. The predicted molar refractivity (Wildman–Crippen MR) is 74.4 cm³/mol. The molecule has 0 radical (unpaired) electrons. The first-order valence-electron chi connectivity index (χ1n) is 6.28. The van der Waals surface area contributed by atoms with E-state index in [1.165, 1.54) is 18.9 Å². The number of hydrogen-bond donors (Lipinski definition) is 2. The Morgan fingerprint density at radius 3 is 3.17 bits per heavy atom. The quantitative estimate of drug-likeness (QED) is 0.858. The molecule has 1 saturated carbocycles. The zero-order valence-electron chi connectivity index (χ0n) is 10.4. The van der Waals surface area contributed by atoms with E-state index < -0.39 is 5.97 Å². The highest BCUT2D eigenvalue weighted by atomic mass is 32.2. The van der Waals surface area contributed by atoms with Gasteiger partial charge >= 0.3 is 5.97 Å². The number of aromatic carboxylic acids is 1. The smallest absolute Gasteiger partial charge is 0.335 e. The fourth-order valence-corrected chi connectivity index (χ4v) is 3.54. The number of rotatable bonds is 5. The second kappa shape index (κ2) is 6.09. The van der Waals surface area contributed by atoms with Crippen molar-refractivity contribution in [2.75, 3.05) is 11.1 Å². The molecule has 0 aliphatic heterocycles. The maximum atomic E-state index is 10.9. The number of pyridine rings is 1. The molecule has 0 bridgehead atoms. The average molecular weight is 266 g/mol. The number of anilines is 1. The second-order valence-electron chi connectivity index (χ2n) is 4.41. The maximum absolute atomic E-state index is 10.9. The zero-order chi connectivity index (χ0) is 13.0. The predicted octanol–water partition coefficient (Wildman–Crippen LogP) is 2.87. The van der Waals surface area contributed by atoms with Gasteiger partial charge in [-0.05, 0) is 30.7 Å². The summed E-state index contributed by atoms with van der Waals surface area (Å²) >= 11 is 1.97. The Morgan fingerprint density at radius 2 is 2.44 bits per heavy atom. The molecule has 1 aliphatic carbocycles. The van der Waals surface area contributed by atoms with Gasteiger partial charge in [-0.1, -0.05) is 13.3 Å². The van der Waals surface area contributed by atoms with Crippen molar-refractivity contribution >= 4 is 23.5 Å². The summed E-state index contributed by atoms with van der Waals surface area (Å²) in [6.45, 7) is 2.17. The van der Waals surface area contributed by atoms with Crippen LogP contribution in [0, 0.1) is 0 Å². The molecule has 2 N–H and O–H groups in total.